The predicted octanol–water partition coefficient (Wildman–Crippen LogP) is 2.34. The largest absolute Gasteiger partial charge is 0.337 e. The van der Waals surface area contributed by atoms with Crippen LogP contribution in [0, 0.1) is 5.92 Å². The summed E-state index contributed by atoms with van der Waals surface area (Å²) >= 11 is 0. The number of nitrogens with zero attached hydrogens (tertiary/aromatic N) is 2. The zero-order valence-corrected chi connectivity index (χ0v) is 12.3. The van der Waals surface area contributed by atoms with Crippen LogP contribution in [0.1, 0.15) is 44.7 Å². The van der Waals surface area contributed by atoms with Crippen LogP contribution in [0.4, 0.5) is 0 Å². The zero-order chi connectivity index (χ0) is 14.4. The smallest absolute Gasteiger partial charge is 0.223 e. The summed E-state index contributed by atoms with van der Waals surface area (Å²) in [6.07, 6.45) is 6.92. The van der Waals surface area contributed by atoms with Crippen molar-refractivity contribution in [2.24, 2.45) is 11.7 Å². The molecule has 0 spiro atoms. The monoisotopic (exact) mass is 275 g/mol. The van der Waals surface area contributed by atoms with Crippen molar-refractivity contribution in [1.82, 2.24) is 9.88 Å². The van der Waals surface area contributed by atoms with E-state index >= 15 is 0 Å². The maximum absolute atomic E-state index is 12.4. The highest BCUT2D eigenvalue weighted by atomic mass is 16.2. The van der Waals surface area contributed by atoms with Gasteiger partial charge in [-0.25, -0.2) is 0 Å². The van der Waals surface area contributed by atoms with Gasteiger partial charge >= 0.3 is 0 Å². The molecule has 1 saturated carbocycles. The van der Waals surface area contributed by atoms with E-state index in [2.05, 4.69) is 4.98 Å². The van der Waals surface area contributed by atoms with Crippen molar-refractivity contribution in [2.75, 3.05) is 6.54 Å². The number of carbonyl (C=O) groups excluding carboxylic acids is 1. The van der Waals surface area contributed by atoms with Crippen LogP contribution in [0.2, 0.25) is 0 Å². The Morgan fingerprint density at radius 3 is 2.85 bits per heavy atom. The fraction of sp³-hybridized carbons (Fsp3) is 0.625. The van der Waals surface area contributed by atoms with Gasteiger partial charge in [-0.2, -0.15) is 0 Å². The van der Waals surface area contributed by atoms with E-state index in [0.717, 1.165) is 25.1 Å². The summed E-state index contributed by atoms with van der Waals surface area (Å²) in [6.45, 7) is 3.33. The Morgan fingerprint density at radius 1 is 1.40 bits per heavy atom. The summed E-state index contributed by atoms with van der Waals surface area (Å²) in [5, 5.41) is 0. The number of pyridine rings is 1. The average molecular weight is 275 g/mol. The van der Waals surface area contributed by atoms with Gasteiger partial charge in [0.15, 0.2) is 0 Å². The first kappa shape index (κ1) is 15.0. The van der Waals surface area contributed by atoms with Gasteiger partial charge in [-0.05, 0) is 37.8 Å². The molecule has 1 aromatic heterocycles. The molecule has 0 radical (unpaired) electrons. The van der Waals surface area contributed by atoms with Crippen molar-refractivity contribution in [1.29, 1.82) is 0 Å². The molecule has 2 atom stereocenters. The lowest BCUT2D eigenvalue weighted by molar-refractivity contribution is -0.133. The highest BCUT2D eigenvalue weighted by Crippen LogP contribution is 2.26. The highest BCUT2D eigenvalue weighted by molar-refractivity contribution is 5.76. The Morgan fingerprint density at radius 2 is 2.20 bits per heavy atom. The van der Waals surface area contributed by atoms with E-state index in [9.17, 15) is 4.79 Å². The number of rotatable bonds is 5. The first-order valence-electron chi connectivity index (χ1n) is 7.64. The molecule has 1 fully saturated rings. The lowest BCUT2D eigenvalue weighted by atomic mass is 9.82. The number of hydrogen-bond acceptors (Lipinski definition) is 3. The Bertz CT molecular complexity index is 421. The fourth-order valence-corrected chi connectivity index (χ4v) is 2.91. The van der Waals surface area contributed by atoms with Crippen LogP contribution < -0.4 is 5.73 Å². The summed E-state index contributed by atoms with van der Waals surface area (Å²) in [5.41, 5.74) is 7.08. The average Bonchev–Trinajstić information content (AvgIpc) is 2.48. The van der Waals surface area contributed by atoms with E-state index < -0.39 is 0 Å². The second kappa shape index (κ2) is 7.39. The number of nitrogens with two attached hydrogens (primary N) is 1. The zero-order valence-electron chi connectivity index (χ0n) is 12.3. The Labute approximate surface area is 121 Å². The molecule has 1 aliphatic rings. The van der Waals surface area contributed by atoms with Crippen molar-refractivity contribution < 1.29 is 4.79 Å². The summed E-state index contributed by atoms with van der Waals surface area (Å²) in [4.78, 5) is 18.6. The quantitative estimate of drug-likeness (QED) is 0.897. The Balaban J connectivity index is 1.91. The molecule has 0 aliphatic heterocycles. The third-order valence-corrected chi connectivity index (χ3v) is 4.22. The summed E-state index contributed by atoms with van der Waals surface area (Å²) < 4.78 is 0. The fourth-order valence-electron chi connectivity index (χ4n) is 2.91. The molecule has 1 aliphatic carbocycles. The topological polar surface area (TPSA) is 59.2 Å². The van der Waals surface area contributed by atoms with Crippen LogP contribution in [0.25, 0.3) is 0 Å². The SMILES string of the molecule is CCN(Cc1ccccn1)C(=O)CC1CCCCC1N. The first-order valence-corrected chi connectivity index (χ1v) is 7.64. The minimum absolute atomic E-state index is 0.196. The van der Waals surface area contributed by atoms with E-state index in [0.29, 0.717) is 18.9 Å². The minimum Gasteiger partial charge on any atom is -0.337 e. The highest BCUT2D eigenvalue weighted by Gasteiger charge is 2.26. The molecule has 1 heterocycles. The van der Waals surface area contributed by atoms with Crippen LogP contribution in [0.15, 0.2) is 24.4 Å². The molecule has 0 bridgehead atoms. The second-order valence-electron chi connectivity index (χ2n) is 5.64. The van der Waals surface area contributed by atoms with E-state index in [-0.39, 0.29) is 11.9 Å². The van der Waals surface area contributed by atoms with Gasteiger partial charge in [0.2, 0.25) is 5.91 Å². The maximum atomic E-state index is 12.4. The number of amides is 1. The van der Waals surface area contributed by atoms with Gasteiger partial charge in [0.1, 0.15) is 0 Å². The van der Waals surface area contributed by atoms with E-state index in [1.165, 1.54) is 12.8 Å². The van der Waals surface area contributed by atoms with Crippen molar-refractivity contribution in [3.63, 3.8) is 0 Å². The van der Waals surface area contributed by atoms with Crippen LogP contribution in [-0.4, -0.2) is 28.4 Å². The first-order chi connectivity index (χ1) is 9.70. The van der Waals surface area contributed by atoms with Gasteiger partial charge in [0, 0.05) is 25.2 Å². The second-order valence-corrected chi connectivity index (χ2v) is 5.64. The van der Waals surface area contributed by atoms with Gasteiger partial charge in [0.05, 0.1) is 12.2 Å². The van der Waals surface area contributed by atoms with Crippen LogP contribution in [0.5, 0.6) is 0 Å². The molecule has 2 N–H and O–H groups in total. The third kappa shape index (κ3) is 4.04. The molecule has 4 nitrogen and oxygen atoms in total. The molecule has 0 aromatic carbocycles. The Hall–Kier alpha value is -1.42. The number of aromatic nitrogens is 1. The van der Waals surface area contributed by atoms with Gasteiger partial charge in [0.25, 0.3) is 0 Å². The molecule has 110 valence electrons. The lowest BCUT2D eigenvalue weighted by Gasteiger charge is -2.30. The van der Waals surface area contributed by atoms with Gasteiger partial charge < -0.3 is 10.6 Å². The van der Waals surface area contributed by atoms with Gasteiger partial charge in [-0.15, -0.1) is 0 Å². The molecule has 20 heavy (non-hydrogen) atoms. The summed E-state index contributed by atoms with van der Waals surface area (Å²) in [5.74, 6) is 0.564. The van der Waals surface area contributed by atoms with Crippen LogP contribution in [0.3, 0.4) is 0 Å². The molecule has 0 saturated heterocycles. The molecule has 2 unspecified atom stereocenters. The molecular formula is C16H25N3O. The molecule has 2 rings (SSSR count). The van der Waals surface area contributed by atoms with Crippen molar-refractivity contribution in [2.45, 2.75) is 51.6 Å². The number of carbonyl (C=O) groups is 1. The molecule has 4 heteroatoms. The maximum Gasteiger partial charge on any atom is 0.223 e. The van der Waals surface area contributed by atoms with Crippen molar-refractivity contribution in [3.05, 3.63) is 30.1 Å². The van der Waals surface area contributed by atoms with Crippen LogP contribution >= 0.6 is 0 Å². The molecule has 1 amide bonds. The van der Waals surface area contributed by atoms with Crippen molar-refractivity contribution >= 4 is 5.91 Å². The molecule has 1 aromatic rings. The number of hydrogen-bond donors (Lipinski definition) is 1. The van der Waals surface area contributed by atoms with Crippen LogP contribution in [-0.2, 0) is 11.3 Å². The minimum atomic E-state index is 0.196. The van der Waals surface area contributed by atoms with E-state index in [4.69, 9.17) is 5.73 Å². The van der Waals surface area contributed by atoms with E-state index in [1.807, 2.05) is 30.0 Å². The molecular weight excluding hydrogens is 250 g/mol. The third-order valence-electron chi connectivity index (χ3n) is 4.22. The van der Waals surface area contributed by atoms with Gasteiger partial charge in [-0.3, -0.25) is 9.78 Å². The van der Waals surface area contributed by atoms with Gasteiger partial charge in [-0.1, -0.05) is 18.9 Å². The summed E-state index contributed by atoms with van der Waals surface area (Å²) in [6, 6.07) is 6.00. The summed E-state index contributed by atoms with van der Waals surface area (Å²) in [7, 11) is 0. The normalized spacial score (nSPS) is 22.5. The van der Waals surface area contributed by atoms with E-state index in [1.54, 1.807) is 6.20 Å². The predicted molar refractivity (Wildman–Crippen MR) is 79.9 cm³/mol. The lowest BCUT2D eigenvalue weighted by Crippen LogP contribution is -2.38. The standard InChI is InChI=1S/C16H25N3O/c1-2-19(12-14-8-5-6-10-18-14)16(20)11-13-7-3-4-9-15(13)17/h5-6,8,10,13,15H,2-4,7,9,11-12,17H2,1H3. The van der Waals surface area contributed by atoms with Crippen molar-refractivity contribution in [3.8, 4) is 0 Å². The Kier molecular flexibility index (Phi) is 5.53.